The second-order valence-corrected chi connectivity index (χ2v) is 15.2. The molecule has 8 nitrogen and oxygen atoms in total. The first-order chi connectivity index (χ1) is 26.9. The van der Waals surface area contributed by atoms with E-state index in [0.29, 0.717) is 0 Å². The van der Waals surface area contributed by atoms with Gasteiger partial charge in [-0.2, -0.15) is 0 Å². The third-order valence-corrected chi connectivity index (χ3v) is 11.0. The number of hydrogen-bond acceptors (Lipinski definition) is 9. The standard InChI is InChI=1S/C21H12N4S2.2C12H12N2.Ru/c1-4-12-17(22-9-1)18-13(5-2-10-23-18)20-19(12)24-21(25-20)16-8-7-15(27-16)14-6-3-11-26-14;2*1-9-3-5-13-11(7-9)12-8-10(2)4-6-14-12;/h1-11H,(H,24,25);2*3-8H,1-2H3;. The van der Waals surface area contributed by atoms with Crippen molar-refractivity contribution >= 4 is 55.5 Å². The minimum Gasteiger partial charge on any atom is -0.337 e. The van der Waals surface area contributed by atoms with Crippen LogP contribution in [0.4, 0.5) is 0 Å². The number of nitrogens with one attached hydrogen (secondary N) is 1. The molecule has 0 aliphatic rings. The Morgan fingerprint density at radius 1 is 0.446 bits per heavy atom. The summed E-state index contributed by atoms with van der Waals surface area (Å²) in [6, 6.07) is 32.7. The number of aromatic nitrogens is 8. The summed E-state index contributed by atoms with van der Waals surface area (Å²) in [5.74, 6) is 0.888. The van der Waals surface area contributed by atoms with Gasteiger partial charge in [0.25, 0.3) is 0 Å². The zero-order valence-corrected chi connectivity index (χ0v) is 34.5. The van der Waals surface area contributed by atoms with Gasteiger partial charge in [0.05, 0.1) is 49.7 Å². The molecule has 1 N–H and O–H groups in total. The zero-order valence-electron chi connectivity index (χ0n) is 31.1. The summed E-state index contributed by atoms with van der Waals surface area (Å²) in [6.07, 6.45) is 10.9. The Kier molecular flexibility index (Phi) is 11.9. The van der Waals surface area contributed by atoms with Crippen molar-refractivity contribution in [2.45, 2.75) is 27.7 Å². The molecule has 0 amide bonds. The molecule has 0 aliphatic heterocycles. The molecule has 9 heterocycles. The summed E-state index contributed by atoms with van der Waals surface area (Å²) in [7, 11) is 0. The van der Waals surface area contributed by atoms with Crippen molar-refractivity contribution in [3.63, 3.8) is 0 Å². The van der Waals surface area contributed by atoms with E-state index < -0.39 is 0 Å². The first kappa shape index (κ1) is 38.4. The molecule has 0 radical (unpaired) electrons. The summed E-state index contributed by atoms with van der Waals surface area (Å²) in [4.78, 5) is 38.5. The van der Waals surface area contributed by atoms with Crippen molar-refractivity contribution in [1.82, 2.24) is 39.9 Å². The molecule has 1 aromatic carbocycles. The first-order valence-corrected chi connectivity index (χ1v) is 19.5. The van der Waals surface area contributed by atoms with Gasteiger partial charge in [0.15, 0.2) is 0 Å². The summed E-state index contributed by atoms with van der Waals surface area (Å²) in [6.45, 7) is 8.23. The number of imidazole rings is 1. The maximum absolute atomic E-state index is 4.95. The molecular weight excluding hydrogens is 818 g/mol. The smallest absolute Gasteiger partial charge is 0.148 e. The predicted octanol–water partition coefficient (Wildman–Crippen LogP) is 11.6. The van der Waals surface area contributed by atoms with Gasteiger partial charge in [-0.3, -0.25) is 29.9 Å². The Balaban J connectivity index is 0.000000141. The van der Waals surface area contributed by atoms with E-state index in [1.165, 1.54) is 32.0 Å². The molecule has 0 unspecified atom stereocenters. The Morgan fingerprint density at radius 2 is 0.929 bits per heavy atom. The maximum Gasteiger partial charge on any atom is 0.148 e. The fourth-order valence-electron chi connectivity index (χ4n) is 6.18. The van der Waals surface area contributed by atoms with Crippen LogP contribution in [0.1, 0.15) is 22.3 Å². The largest absolute Gasteiger partial charge is 0.337 e. The number of hydrogen-bond donors (Lipinski definition) is 1. The Morgan fingerprint density at radius 3 is 1.41 bits per heavy atom. The van der Waals surface area contributed by atoms with Crippen molar-refractivity contribution in [3.8, 4) is 43.2 Å². The van der Waals surface area contributed by atoms with Crippen LogP contribution >= 0.6 is 22.7 Å². The summed E-state index contributed by atoms with van der Waals surface area (Å²) < 4.78 is 0. The van der Waals surface area contributed by atoms with Crippen LogP contribution in [0.5, 0.6) is 0 Å². The third-order valence-electron chi connectivity index (χ3n) is 8.86. The second kappa shape index (κ2) is 17.3. The Bertz CT molecular complexity index is 2650. The molecule has 9 aromatic heterocycles. The second-order valence-electron chi connectivity index (χ2n) is 13.1. The van der Waals surface area contributed by atoms with Gasteiger partial charge in [-0.15, -0.1) is 22.7 Å². The molecule has 0 saturated heterocycles. The number of pyridine rings is 6. The fourth-order valence-corrected chi connectivity index (χ4v) is 7.97. The number of thiophene rings is 2. The molecule has 11 heteroatoms. The molecule has 0 spiro atoms. The predicted molar refractivity (Wildman–Crippen MR) is 227 cm³/mol. The van der Waals surface area contributed by atoms with E-state index in [1.807, 2.05) is 97.8 Å². The number of nitrogens with zero attached hydrogens (tertiary/aromatic N) is 7. The quantitative estimate of drug-likeness (QED) is 0.139. The molecule has 10 rings (SSSR count). The van der Waals surface area contributed by atoms with Gasteiger partial charge in [-0.25, -0.2) is 4.98 Å². The van der Waals surface area contributed by atoms with Crippen molar-refractivity contribution in [1.29, 1.82) is 0 Å². The Hall–Kier alpha value is -5.87. The van der Waals surface area contributed by atoms with Gasteiger partial charge in [-0.05, 0) is 146 Å². The topological polar surface area (TPSA) is 106 Å². The van der Waals surface area contributed by atoms with E-state index in [9.17, 15) is 0 Å². The molecule has 10 aromatic rings. The average molecular weight is 854 g/mol. The van der Waals surface area contributed by atoms with Crippen LogP contribution < -0.4 is 0 Å². The van der Waals surface area contributed by atoms with Crippen molar-refractivity contribution in [2.24, 2.45) is 0 Å². The zero-order chi connectivity index (χ0) is 37.7. The van der Waals surface area contributed by atoms with E-state index in [0.717, 1.165) is 66.3 Å². The van der Waals surface area contributed by atoms with Crippen LogP contribution in [-0.4, -0.2) is 39.9 Å². The molecule has 0 bridgehead atoms. The number of aromatic amines is 1. The number of rotatable bonds is 4. The van der Waals surface area contributed by atoms with Gasteiger partial charge >= 0.3 is 0 Å². The maximum atomic E-state index is 4.95. The van der Waals surface area contributed by atoms with Crippen LogP contribution in [0.25, 0.3) is 76.1 Å². The number of fused-ring (bicyclic) bond motifs is 6. The van der Waals surface area contributed by atoms with E-state index in [2.05, 4.69) is 104 Å². The SMILES string of the molecule is Cc1ccnc(-c2cc(C)ccn2)c1.Cc1ccnc(-c2cc(C)ccn2)c1.[Ru].c1csc(-c2ccc(-c3nc4c5cccnc5c5ncccc5c4[nH]3)s2)c1. The van der Waals surface area contributed by atoms with E-state index in [4.69, 9.17) is 4.98 Å². The van der Waals surface area contributed by atoms with Crippen LogP contribution in [0.15, 0.2) is 140 Å². The first-order valence-electron chi connectivity index (χ1n) is 17.8. The van der Waals surface area contributed by atoms with Crippen molar-refractivity contribution < 1.29 is 19.5 Å². The van der Waals surface area contributed by atoms with Crippen LogP contribution in [0.2, 0.25) is 0 Å². The van der Waals surface area contributed by atoms with Gasteiger partial charge in [0.2, 0.25) is 0 Å². The molecule has 276 valence electrons. The minimum absolute atomic E-state index is 0. The van der Waals surface area contributed by atoms with E-state index in [1.54, 1.807) is 22.7 Å². The number of H-pyrrole nitrogens is 1. The van der Waals surface area contributed by atoms with Gasteiger partial charge in [0.1, 0.15) is 5.82 Å². The van der Waals surface area contributed by atoms with Gasteiger partial charge in [-0.1, -0.05) is 6.07 Å². The number of benzene rings is 1. The number of aryl methyl sites for hydroxylation is 4. The third kappa shape index (κ3) is 8.50. The normalized spacial score (nSPS) is 10.7. The van der Waals surface area contributed by atoms with Gasteiger partial charge in [0, 0.05) is 77.2 Å². The molecule has 0 fully saturated rings. The molecule has 0 atom stereocenters. The fraction of sp³-hybridized carbons (Fsp3) is 0.0889. The van der Waals surface area contributed by atoms with Crippen molar-refractivity contribution in [2.75, 3.05) is 0 Å². The van der Waals surface area contributed by atoms with Crippen LogP contribution in [0, 0.1) is 27.7 Å². The molecule has 56 heavy (non-hydrogen) atoms. The Labute approximate surface area is 345 Å². The van der Waals surface area contributed by atoms with Gasteiger partial charge < -0.3 is 4.98 Å². The monoisotopic (exact) mass is 854 g/mol. The molecule has 0 saturated carbocycles. The van der Waals surface area contributed by atoms with Crippen LogP contribution in [0.3, 0.4) is 0 Å². The summed E-state index contributed by atoms with van der Waals surface area (Å²) >= 11 is 3.51. The molecular formula is C45H36N8RuS2. The van der Waals surface area contributed by atoms with Crippen molar-refractivity contribution in [3.05, 3.63) is 162 Å². The van der Waals surface area contributed by atoms with E-state index in [-0.39, 0.29) is 19.5 Å². The average Bonchev–Trinajstić information content (AvgIpc) is 4.01. The summed E-state index contributed by atoms with van der Waals surface area (Å²) in [5, 5.41) is 4.18. The summed E-state index contributed by atoms with van der Waals surface area (Å²) in [5.41, 5.74) is 12.3. The van der Waals surface area contributed by atoms with E-state index >= 15 is 0 Å². The minimum atomic E-state index is 0. The van der Waals surface area contributed by atoms with Crippen LogP contribution in [-0.2, 0) is 19.5 Å². The molecule has 0 aliphatic carbocycles.